The number of rotatable bonds is 4. The highest BCUT2D eigenvalue weighted by Gasteiger charge is 2.22. The molecule has 0 spiro atoms. The minimum atomic E-state index is 0.565. The van der Waals surface area contributed by atoms with E-state index in [-0.39, 0.29) is 0 Å². The van der Waals surface area contributed by atoms with Crippen molar-refractivity contribution < 1.29 is 0 Å². The molecule has 222 valence electrons. The van der Waals surface area contributed by atoms with Crippen LogP contribution >= 0.6 is 0 Å². The van der Waals surface area contributed by atoms with E-state index in [1.165, 1.54) is 10.8 Å². The van der Waals surface area contributed by atoms with Gasteiger partial charge >= 0.3 is 0 Å². The van der Waals surface area contributed by atoms with E-state index in [0.29, 0.717) is 11.1 Å². The third-order valence-corrected chi connectivity index (χ3v) is 9.38. The van der Waals surface area contributed by atoms with Gasteiger partial charge in [-0.25, -0.2) is 0 Å². The SMILES string of the molecule is N#Cc1ccc2c(c1)c1ccccc1n2-c1c(C#N)cc(-c2ccccc2-n2c3ccccc3c3ccccc32)cc1-c1ccccc1. The molecule has 0 aliphatic rings. The third kappa shape index (κ3) is 4.07. The average Bonchev–Trinajstić information content (AvgIpc) is 3.67. The van der Waals surface area contributed by atoms with Crippen molar-refractivity contribution in [1.29, 1.82) is 10.5 Å². The number of fused-ring (bicyclic) bond motifs is 6. The minimum absolute atomic E-state index is 0.565. The molecule has 9 aromatic rings. The van der Waals surface area contributed by atoms with E-state index in [9.17, 15) is 10.5 Å². The Bertz CT molecular complexity index is 2750. The zero-order chi connectivity index (χ0) is 32.2. The molecule has 0 fully saturated rings. The molecule has 7 aromatic carbocycles. The first-order valence-corrected chi connectivity index (χ1v) is 15.9. The summed E-state index contributed by atoms with van der Waals surface area (Å²) in [6.07, 6.45) is 0. The largest absolute Gasteiger partial charge is 0.309 e. The Labute approximate surface area is 277 Å². The van der Waals surface area contributed by atoms with Crippen LogP contribution in [0.1, 0.15) is 11.1 Å². The van der Waals surface area contributed by atoms with Gasteiger partial charge in [-0.2, -0.15) is 10.5 Å². The number of para-hydroxylation sites is 4. The zero-order valence-electron chi connectivity index (χ0n) is 25.8. The number of aromatic nitrogens is 2. The van der Waals surface area contributed by atoms with Crippen LogP contribution in [0.2, 0.25) is 0 Å². The quantitative estimate of drug-likeness (QED) is 0.199. The summed E-state index contributed by atoms with van der Waals surface area (Å²) in [5.74, 6) is 0. The summed E-state index contributed by atoms with van der Waals surface area (Å²) in [7, 11) is 0. The molecular formula is C44H26N4. The highest BCUT2D eigenvalue weighted by molar-refractivity contribution is 6.11. The molecule has 9 rings (SSSR count). The van der Waals surface area contributed by atoms with E-state index >= 15 is 0 Å². The van der Waals surface area contributed by atoms with Gasteiger partial charge in [0.05, 0.1) is 50.6 Å². The molecule has 4 nitrogen and oxygen atoms in total. The Morgan fingerprint density at radius 3 is 1.62 bits per heavy atom. The molecule has 0 atom stereocenters. The number of nitriles is 2. The molecule has 0 unspecified atom stereocenters. The summed E-state index contributed by atoms with van der Waals surface area (Å²) in [5, 5.41) is 25.0. The molecule has 4 heteroatoms. The number of hydrogen-bond donors (Lipinski definition) is 0. The lowest BCUT2D eigenvalue weighted by molar-refractivity contribution is 1.16. The Morgan fingerprint density at radius 1 is 0.396 bits per heavy atom. The van der Waals surface area contributed by atoms with Gasteiger partial charge in [0.15, 0.2) is 0 Å². The summed E-state index contributed by atoms with van der Waals surface area (Å²) in [4.78, 5) is 0. The van der Waals surface area contributed by atoms with Crippen molar-refractivity contribution in [2.45, 2.75) is 0 Å². The first kappa shape index (κ1) is 27.4. The van der Waals surface area contributed by atoms with Crippen molar-refractivity contribution in [3.8, 4) is 45.8 Å². The summed E-state index contributed by atoms with van der Waals surface area (Å²) >= 11 is 0. The van der Waals surface area contributed by atoms with E-state index in [0.717, 1.165) is 66.5 Å². The van der Waals surface area contributed by atoms with Gasteiger partial charge in [-0.1, -0.05) is 103 Å². The van der Waals surface area contributed by atoms with Crippen molar-refractivity contribution in [3.63, 3.8) is 0 Å². The van der Waals surface area contributed by atoms with Crippen LogP contribution in [0.5, 0.6) is 0 Å². The Hall–Kier alpha value is -6.88. The fourth-order valence-corrected chi connectivity index (χ4v) is 7.33. The van der Waals surface area contributed by atoms with Gasteiger partial charge < -0.3 is 9.13 Å². The molecular weight excluding hydrogens is 585 g/mol. The lowest BCUT2D eigenvalue weighted by Crippen LogP contribution is -2.03. The van der Waals surface area contributed by atoms with Crippen LogP contribution in [0.4, 0.5) is 0 Å². The second kappa shape index (κ2) is 10.9. The summed E-state index contributed by atoms with van der Waals surface area (Å²) in [5.41, 5.74) is 11.2. The first-order valence-electron chi connectivity index (χ1n) is 15.9. The van der Waals surface area contributed by atoms with Crippen LogP contribution in [0.25, 0.3) is 77.2 Å². The molecule has 0 aliphatic carbocycles. The summed E-state index contributed by atoms with van der Waals surface area (Å²) in [6, 6.07) is 58.9. The van der Waals surface area contributed by atoms with Crippen LogP contribution < -0.4 is 0 Å². The van der Waals surface area contributed by atoms with Crippen LogP contribution in [0.3, 0.4) is 0 Å². The molecule has 0 saturated heterocycles. The predicted molar refractivity (Wildman–Crippen MR) is 195 cm³/mol. The standard InChI is InChI=1S/C44H26N4/c45-27-29-22-23-43-38(24-29)36-17-7-11-21-42(36)48(43)44-32(28-46)25-31(26-37(44)30-12-2-1-3-13-30)33-14-4-8-18-39(33)47-40-19-9-5-15-34(40)35-16-6-10-20-41(35)47/h1-26H. The molecule has 2 aromatic heterocycles. The van der Waals surface area contributed by atoms with Gasteiger partial charge in [0.2, 0.25) is 0 Å². The van der Waals surface area contributed by atoms with E-state index in [4.69, 9.17) is 0 Å². The minimum Gasteiger partial charge on any atom is -0.309 e. The van der Waals surface area contributed by atoms with Gasteiger partial charge in [-0.15, -0.1) is 0 Å². The maximum atomic E-state index is 10.9. The van der Waals surface area contributed by atoms with Gasteiger partial charge in [0, 0.05) is 32.7 Å². The molecule has 0 saturated carbocycles. The second-order valence-corrected chi connectivity index (χ2v) is 12.0. The van der Waals surface area contributed by atoms with E-state index in [2.05, 4.69) is 124 Å². The van der Waals surface area contributed by atoms with Gasteiger partial charge in [0.25, 0.3) is 0 Å². The number of nitrogens with zero attached hydrogens (tertiary/aromatic N) is 4. The smallest absolute Gasteiger partial charge is 0.101 e. The third-order valence-electron chi connectivity index (χ3n) is 9.38. The molecule has 0 N–H and O–H groups in total. The monoisotopic (exact) mass is 610 g/mol. The van der Waals surface area contributed by atoms with Crippen LogP contribution in [-0.4, -0.2) is 9.13 Å². The number of hydrogen-bond acceptors (Lipinski definition) is 2. The molecule has 0 radical (unpaired) electrons. The Morgan fingerprint density at radius 2 is 0.958 bits per heavy atom. The fourth-order valence-electron chi connectivity index (χ4n) is 7.33. The summed E-state index contributed by atoms with van der Waals surface area (Å²) < 4.78 is 4.53. The van der Waals surface area contributed by atoms with Gasteiger partial charge in [-0.05, 0) is 65.7 Å². The van der Waals surface area contributed by atoms with Gasteiger partial charge in [0.1, 0.15) is 6.07 Å². The lowest BCUT2D eigenvalue weighted by Gasteiger charge is -2.19. The van der Waals surface area contributed by atoms with Crippen molar-refractivity contribution in [3.05, 3.63) is 169 Å². The molecule has 0 bridgehead atoms. The normalized spacial score (nSPS) is 11.3. The van der Waals surface area contributed by atoms with Crippen LogP contribution in [0.15, 0.2) is 158 Å². The zero-order valence-corrected chi connectivity index (χ0v) is 25.8. The molecule has 48 heavy (non-hydrogen) atoms. The summed E-state index contributed by atoms with van der Waals surface area (Å²) in [6.45, 7) is 0. The van der Waals surface area contributed by atoms with Crippen molar-refractivity contribution in [2.75, 3.05) is 0 Å². The maximum Gasteiger partial charge on any atom is 0.101 e. The van der Waals surface area contributed by atoms with Crippen molar-refractivity contribution >= 4 is 43.6 Å². The lowest BCUT2D eigenvalue weighted by atomic mass is 9.93. The topological polar surface area (TPSA) is 57.4 Å². The van der Waals surface area contributed by atoms with E-state index < -0.39 is 0 Å². The highest BCUT2D eigenvalue weighted by atomic mass is 15.0. The van der Waals surface area contributed by atoms with Crippen LogP contribution in [0, 0.1) is 22.7 Å². The fraction of sp³-hybridized carbons (Fsp3) is 0. The predicted octanol–water partition coefficient (Wildman–Crippen LogP) is 11.0. The maximum absolute atomic E-state index is 10.9. The highest BCUT2D eigenvalue weighted by Crippen LogP contribution is 2.42. The average molecular weight is 611 g/mol. The number of benzene rings is 7. The van der Waals surface area contributed by atoms with Crippen LogP contribution in [-0.2, 0) is 0 Å². The first-order chi connectivity index (χ1) is 23.7. The molecule has 0 aliphatic heterocycles. The van der Waals surface area contributed by atoms with Crippen molar-refractivity contribution in [2.24, 2.45) is 0 Å². The van der Waals surface area contributed by atoms with E-state index in [1.54, 1.807) is 0 Å². The second-order valence-electron chi connectivity index (χ2n) is 12.0. The van der Waals surface area contributed by atoms with Crippen molar-refractivity contribution in [1.82, 2.24) is 9.13 Å². The Balaban J connectivity index is 1.38. The molecule has 0 amide bonds. The van der Waals surface area contributed by atoms with Gasteiger partial charge in [-0.3, -0.25) is 0 Å². The molecule has 2 heterocycles. The van der Waals surface area contributed by atoms with E-state index in [1.807, 2.05) is 54.6 Å². The Kier molecular flexibility index (Phi) is 6.22.